The Labute approximate surface area is 113 Å². The van der Waals surface area contributed by atoms with Gasteiger partial charge in [-0.3, -0.25) is 4.79 Å². The zero-order valence-corrected chi connectivity index (χ0v) is 11.6. The molecule has 1 aliphatic rings. The number of carbonyl (C=O) groups is 1. The lowest BCUT2D eigenvalue weighted by molar-refractivity contribution is 0.0751. The first-order valence-electron chi connectivity index (χ1n) is 6.90. The lowest BCUT2D eigenvalue weighted by Crippen LogP contribution is -2.41. The summed E-state index contributed by atoms with van der Waals surface area (Å²) in [5, 5.41) is 3.38. The van der Waals surface area contributed by atoms with Gasteiger partial charge in [0.25, 0.3) is 5.91 Å². The zero-order chi connectivity index (χ0) is 13.8. The summed E-state index contributed by atoms with van der Waals surface area (Å²) in [7, 11) is 0. The minimum absolute atomic E-state index is 0.0879. The number of halogens is 1. The van der Waals surface area contributed by atoms with Crippen LogP contribution in [0.4, 0.5) is 4.39 Å². The summed E-state index contributed by atoms with van der Waals surface area (Å²) in [6.45, 7) is 6.02. The van der Waals surface area contributed by atoms with Gasteiger partial charge in [0.1, 0.15) is 5.82 Å². The van der Waals surface area contributed by atoms with Crippen molar-refractivity contribution in [1.29, 1.82) is 0 Å². The van der Waals surface area contributed by atoms with Gasteiger partial charge in [-0.15, -0.1) is 0 Å². The van der Waals surface area contributed by atoms with Gasteiger partial charge in [0.15, 0.2) is 0 Å². The van der Waals surface area contributed by atoms with E-state index in [1.54, 1.807) is 24.0 Å². The van der Waals surface area contributed by atoms with Crippen LogP contribution in [0, 0.1) is 12.7 Å². The Balaban J connectivity index is 2.08. The fraction of sp³-hybridized carbons (Fsp3) is 0.533. The van der Waals surface area contributed by atoms with Crippen molar-refractivity contribution in [2.24, 2.45) is 0 Å². The molecule has 1 saturated heterocycles. The van der Waals surface area contributed by atoms with Crippen LogP contribution in [0.2, 0.25) is 0 Å². The van der Waals surface area contributed by atoms with Crippen molar-refractivity contribution < 1.29 is 9.18 Å². The van der Waals surface area contributed by atoms with Crippen LogP contribution >= 0.6 is 0 Å². The van der Waals surface area contributed by atoms with Crippen molar-refractivity contribution in [3.05, 3.63) is 35.1 Å². The second kappa shape index (κ2) is 6.15. The standard InChI is InChI=1S/C15H21FN2O/c1-3-18(10-13-5-4-8-17-13)15(19)12-7-6-11(2)14(16)9-12/h6-7,9,13,17H,3-5,8,10H2,1-2H3. The van der Waals surface area contributed by atoms with Crippen molar-refractivity contribution in [2.75, 3.05) is 19.6 Å². The number of carbonyl (C=O) groups excluding carboxylic acids is 1. The SMILES string of the molecule is CCN(CC1CCCN1)C(=O)c1ccc(C)c(F)c1. The monoisotopic (exact) mass is 264 g/mol. The fourth-order valence-corrected chi connectivity index (χ4v) is 2.44. The van der Waals surface area contributed by atoms with E-state index in [1.165, 1.54) is 6.07 Å². The maximum atomic E-state index is 13.5. The van der Waals surface area contributed by atoms with Crippen LogP contribution in [0.5, 0.6) is 0 Å². The van der Waals surface area contributed by atoms with E-state index in [4.69, 9.17) is 0 Å². The fourth-order valence-electron chi connectivity index (χ4n) is 2.44. The molecule has 0 aromatic heterocycles. The molecule has 1 unspecified atom stereocenters. The highest BCUT2D eigenvalue weighted by molar-refractivity contribution is 5.94. The number of amides is 1. The van der Waals surface area contributed by atoms with E-state index in [0.717, 1.165) is 19.4 Å². The van der Waals surface area contributed by atoms with Gasteiger partial charge in [0, 0.05) is 24.7 Å². The summed E-state index contributed by atoms with van der Waals surface area (Å²) >= 11 is 0. The molecular weight excluding hydrogens is 243 g/mol. The van der Waals surface area contributed by atoms with Gasteiger partial charge in [-0.1, -0.05) is 6.07 Å². The molecule has 1 aromatic rings. The van der Waals surface area contributed by atoms with E-state index in [1.807, 2.05) is 6.92 Å². The molecule has 1 aliphatic heterocycles. The third-order valence-electron chi connectivity index (χ3n) is 3.69. The molecule has 0 saturated carbocycles. The molecule has 1 N–H and O–H groups in total. The molecule has 4 heteroatoms. The molecule has 0 radical (unpaired) electrons. The highest BCUT2D eigenvalue weighted by Crippen LogP contribution is 2.13. The van der Waals surface area contributed by atoms with Crippen molar-refractivity contribution in [2.45, 2.75) is 32.7 Å². The normalized spacial score (nSPS) is 18.6. The van der Waals surface area contributed by atoms with Crippen molar-refractivity contribution in [3.8, 4) is 0 Å². The summed E-state index contributed by atoms with van der Waals surface area (Å²) in [4.78, 5) is 14.1. The predicted octanol–water partition coefficient (Wildman–Crippen LogP) is 2.35. The molecule has 104 valence electrons. The van der Waals surface area contributed by atoms with Crippen LogP contribution in [0.3, 0.4) is 0 Å². The number of aryl methyl sites for hydroxylation is 1. The van der Waals surface area contributed by atoms with Gasteiger partial charge in [-0.05, 0) is 50.9 Å². The minimum Gasteiger partial charge on any atom is -0.337 e. The lowest BCUT2D eigenvalue weighted by Gasteiger charge is -2.24. The summed E-state index contributed by atoms with van der Waals surface area (Å²) < 4.78 is 13.5. The van der Waals surface area contributed by atoms with Crippen molar-refractivity contribution >= 4 is 5.91 Å². The quantitative estimate of drug-likeness (QED) is 0.905. The van der Waals surface area contributed by atoms with Crippen LogP contribution in [-0.4, -0.2) is 36.5 Å². The van der Waals surface area contributed by atoms with E-state index in [-0.39, 0.29) is 11.7 Å². The third-order valence-corrected chi connectivity index (χ3v) is 3.69. The van der Waals surface area contributed by atoms with E-state index >= 15 is 0 Å². The topological polar surface area (TPSA) is 32.3 Å². The number of hydrogen-bond acceptors (Lipinski definition) is 2. The van der Waals surface area contributed by atoms with Gasteiger partial charge in [-0.25, -0.2) is 4.39 Å². The summed E-state index contributed by atoms with van der Waals surface area (Å²) in [5.41, 5.74) is 1.00. The first kappa shape index (κ1) is 14.0. The van der Waals surface area contributed by atoms with Gasteiger partial charge < -0.3 is 10.2 Å². The molecule has 0 bridgehead atoms. The lowest BCUT2D eigenvalue weighted by atomic mass is 10.1. The molecule has 1 amide bonds. The van der Waals surface area contributed by atoms with Crippen molar-refractivity contribution in [3.63, 3.8) is 0 Å². The third kappa shape index (κ3) is 3.32. The Bertz CT molecular complexity index is 455. The Morgan fingerprint density at radius 3 is 2.89 bits per heavy atom. The van der Waals surface area contributed by atoms with E-state index < -0.39 is 0 Å². The largest absolute Gasteiger partial charge is 0.337 e. The predicted molar refractivity (Wildman–Crippen MR) is 73.7 cm³/mol. The summed E-state index contributed by atoms with van der Waals surface area (Å²) in [5.74, 6) is -0.406. The zero-order valence-electron chi connectivity index (χ0n) is 11.6. The number of likely N-dealkylation sites (N-methyl/N-ethyl adjacent to an activating group) is 1. The number of hydrogen-bond donors (Lipinski definition) is 1. The Kier molecular flexibility index (Phi) is 4.53. The van der Waals surface area contributed by atoms with Gasteiger partial charge >= 0.3 is 0 Å². The average molecular weight is 264 g/mol. The molecule has 1 atom stereocenters. The highest BCUT2D eigenvalue weighted by atomic mass is 19.1. The molecule has 3 nitrogen and oxygen atoms in total. The number of nitrogens with zero attached hydrogens (tertiary/aromatic N) is 1. The molecule has 2 rings (SSSR count). The smallest absolute Gasteiger partial charge is 0.254 e. The van der Waals surface area contributed by atoms with Crippen LogP contribution in [0.1, 0.15) is 35.7 Å². The maximum Gasteiger partial charge on any atom is 0.254 e. The van der Waals surface area contributed by atoms with Gasteiger partial charge in [0.05, 0.1) is 0 Å². The molecule has 1 fully saturated rings. The molecule has 0 aliphatic carbocycles. The van der Waals surface area contributed by atoms with Crippen LogP contribution < -0.4 is 5.32 Å². The summed E-state index contributed by atoms with van der Waals surface area (Å²) in [6.07, 6.45) is 2.27. The van der Waals surface area contributed by atoms with Crippen LogP contribution in [0.15, 0.2) is 18.2 Å². The molecule has 1 aromatic carbocycles. The molecule has 19 heavy (non-hydrogen) atoms. The Morgan fingerprint density at radius 1 is 1.53 bits per heavy atom. The Hall–Kier alpha value is -1.42. The average Bonchev–Trinajstić information content (AvgIpc) is 2.91. The van der Waals surface area contributed by atoms with Gasteiger partial charge in [0.2, 0.25) is 0 Å². The molecule has 0 spiro atoms. The first-order chi connectivity index (χ1) is 9.11. The number of benzene rings is 1. The van der Waals surface area contributed by atoms with Crippen LogP contribution in [-0.2, 0) is 0 Å². The number of rotatable bonds is 4. The second-order valence-corrected chi connectivity index (χ2v) is 5.10. The van der Waals surface area contributed by atoms with Gasteiger partial charge in [-0.2, -0.15) is 0 Å². The van der Waals surface area contributed by atoms with Crippen molar-refractivity contribution in [1.82, 2.24) is 10.2 Å². The van der Waals surface area contributed by atoms with E-state index in [2.05, 4.69) is 5.32 Å². The van der Waals surface area contributed by atoms with E-state index in [9.17, 15) is 9.18 Å². The summed E-state index contributed by atoms with van der Waals surface area (Å²) in [6, 6.07) is 5.07. The molecule has 1 heterocycles. The first-order valence-corrected chi connectivity index (χ1v) is 6.90. The van der Waals surface area contributed by atoms with Crippen LogP contribution in [0.25, 0.3) is 0 Å². The van der Waals surface area contributed by atoms with E-state index in [0.29, 0.717) is 30.3 Å². The highest BCUT2D eigenvalue weighted by Gasteiger charge is 2.21. The maximum absolute atomic E-state index is 13.5. The minimum atomic E-state index is -0.319. The second-order valence-electron chi connectivity index (χ2n) is 5.10. The molecular formula is C15H21FN2O. The Morgan fingerprint density at radius 2 is 2.32 bits per heavy atom. The number of nitrogens with one attached hydrogen (secondary N) is 1.